The summed E-state index contributed by atoms with van der Waals surface area (Å²) in [6.45, 7) is 5.53. The SMILES string of the molecule is CC(C)(C)OC(=O)Cc1[nH]nc2cc(N)ccc12. The fourth-order valence-electron chi connectivity index (χ4n) is 1.74. The van der Waals surface area contributed by atoms with Crippen molar-refractivity contribution < 1.29 is 9.53 Å². The molecule has 5 heteroatoms. The van der Waals surface area contributed by atoms with Gasteiger partial charge in [-0.3, -0.25) is 9.89 Å². The summed E-state index contributed by atoms with van der Waals surface area (Å²) < 4.78 is 5.27. The van der Waals surface area contributed by atoms with Crippen LogP contribution in [0.1, 0.15) is 26.5 Å². The van der Waals surface area contributed by atoms with Gasteiger partial charge in [0.2, 0.25) is 0 Å². The highest BCUT2D eigenvalue weighted by atomic mass is 16.6. The number of carbonyl (C=O) groups is 1. The number of benzene rings is 1. The Hall–Kier alpha value is -2.04. The quantitative estimate of drug-likeness (QED) is 0.628. The van der Waals surface area contributed by atoms with E-state index < -0.39 is 5.60 Å². The van der Waals surface area contributed by atoms with Crippen LogP contribution in [0.2, 0.25) is 0 Å². The number of ether oxygens (including phenoxy) is 1. The van der Waals surface area contributed by atoms with E-state index in [1.165, 1.54) is 0 Å². The van der Waals surface area contributed by atoms with Crippen LogP contribution in [0.5, 0.6) is 0 Å². The molecule has 1 heterocycles. The molecule has 0 bridgehead atoms. The summed E-state index contributed by atoms with van der Waals surface area (Å²) in [5, 5.41) is 7.87. The molecule has 0 amide bonds. The molecule has 0 aliphatic heterocycles. The second kappa shape index (κ2) is 4.33. The first-order chi connectivity index (χ1) is 8.35. The molecule has 0 atom stereocenters. The van der Waals surface area contributed by atoms with Gasteiger partial charge in [0, 0.05) is 11.1 Å². The molecule has 0 spiro atoms. The molecule has 0 radical (unpaired) electrons. The maximum Gasteiger partial charge on any atom is 0.312 e. The Labute approximate surface area is 105 Å². The van der Waals surface area contributed by atoms with Crippen LogP contribution in [-0.4, -0.2) is 21.8 Å². The predicted octanol–water partition coefficient (Wildman–Crippen LogP) is 2.03. The van der Waals surface area contributed by atoms with Gasteiger partial charge in [-0.1, -0.05) is 0 Å². The van der Waals surface area contributed by atoms with Gasteiger partial charge in [0.05, 0.1) is 17.6 Å². The second-order valence-corrected chi connectivity index (χ2v) is 5.24. The monoisotopic (exact) mass is 247 g/mol. The highest BCUT2D eigenvalue weighted by molar-refractivity contribution is 5.87. The van der Waals surface area contributed by atoms with Crippen LogP contribution >= 0.6 is 0 Å². The lowest BCUT2D eigenvalue weighted by molar-refractivity contribution is -0.153. The third kappa shape index (κ3) is 2.80. The van der Waals surface area contributed by atoms with Crippen LogP contribution in [0.3, 0.4) is 0 Å². The number of rotatable bonds is 2. The molecular weight excluding hydrogens is 230 g/mol. The summed E-state index contributed by atoms with van der Waals surface area (Å²) in [5.41, 5.74) is 7.36. The fraction of sp³-hybridized carbons (Fsp3) is 0.385. The molecule has 0 saturated carbocycles. The molecule has 2 rings (SSSR count). The fourth-order valence-corrected chi connectivity index (χ4v) is 1.74. The zero-order valence-electron chi connectivity index (χ0n) is 10.8. The Bertz CT molecular complexity index is 581. The van der Waals surface area contributed by atoms with Crippen LogP contribution in [0, 0.1) is 0 Å². The molecule has 3 N–H and O–H groups in total. The van der Waals surface area contributed by atoms with E-state index in [-0.39, 0.29) is 12.4 Å². The lowest BCUT2D eigenvalue weighted by Crippen LogP contribution is -2.25. The average Bonchev–Trinajstić information content (AvgIpc) is 2.57. The highest BCUT2D eigenvalue weighted by Crippen LogP contribution is 2.19. The Balaban J connectivity index is 2.20. The van der Waals surface area contributed by atoms with Crippen molar-refractivity contribution >= 4 is 22.6 Å². The second-order valence-electron chi connectivity index (χ2n) is 5.24. The van der Waals surface area contributed by atoms with E-state index in [2.05, 4.69) is 10.2 Å². The summed E-state index contributed by atoms with van der Waals surface area (Å²) in [6.07, 6.45) is 0.178. The van der Waals surface area contributed by atoms with Gasteiger partial charge in [0.25, 0.3) is 0 Å². The first-order valence-electron chi connectivity index (χ1n) is 5.79. The maximum absolute atomic E-state index is 11.7. The Morgan fingerprint density at radius 3 is 2.83 bits per heavy atom. The highest BCUT2D eigenvalue weighted by Gasteiger charge is 2.18. The van der Waals surface area contributed by atoms with E-state index in [9.17, 15) is 4.79 Å². The van der Waals surface area contributed by atoms with Crippen LogP contribution in [0.15, 0.2) is 18.2 Å². The lowest BCUT2D eigenvalue weighted by Gasteiger charge is -2.19. The minimum absolute atomic E-state index is 0.178. The molecule has 1 aromatic heterocycles. The molecule has 0 fully saturated rings. The number of esters is 1. The number of carbonyl (C=O) groups excluding carboxylic acids is 1. The number of nitrogens with zero attached hydrogens (tertiary/aromatic N) is 1. The minimum Gasteiger partial charge on any atom is -0.460 e. The molecule has 0 aliphatic carbocycles. The van der Waals surface area contributed by atoms with Crippen molar-refractivity contribution in [3.05, 3.63) is 23.9 Å². The van der Waals surface area contributed by atoms with Crippen molar-refractivity contribution in [1.82, 2.24) is 10.2 Å². The summed E-state index contributed by atoms with van der Waals surface area (Å²) in [4.78, 5) is 11.7. The Morgan fingerprint density at radius 2 is 2.17 bits per heavy atom. The molecule has 96 valence electrons. The van der Waals surface area contributed by atoms with Crippen LogP contribution < -0.4 is 5.73 Å². The van der Waals surface area contributed by atoms with Crippen LogP contribution in [0.4, 0.5) is 5.69 Å². The number of fused-ring (bicyclic) bond motifs is 1. The number of H-pyrrole nitrogens is 1. The Morgan fingerprint density at radius 1 is 1.44 bits per heavy atom. The van der Waals surface area contributed by atoms with E-state index in [0.717, 1.165) is 16.6 Å². The van der Waals surface area contributed by atoms with E-state index in [4.69, 9.17) is 10.5 Å². The molecule has 18 heavy (non-hydrogen) atoms. The van der Waals surface area contributed by atoms with E-state index in [1.54, 1.807) is 12.1 Å². The van der Waals surface area contributed by atoms with Crippen LogP contribution in [-0.2, 0) is 16.0 Å². The number of hydrogen-bond donors (Lipinski definition) is 2. The van der Waals surface area contributed by atoms with Gasteiger partial charge in [-0.2, -0.15) is 5.10 Å². The van der Waals surface area contributed by atoms with Crippen molar-refractivity contribution in [3.8, 4) is 0 Å². The summed E-state index contributed by atoms with van der Waals surface area (Å²) in [5.74, 6) is -0.273. The number of aromatic amines is 1. The van der Waals surface area contributed by atoms with Gasteiger partial charge in [-0.15, -0.1) is 0 Å². The number of nitrogen functional groups attached to an aromatic ring is 1. The standard InChI is InChI=1S/C13H17N3O2/c1-13(2,3)18-12(17)7-11-9-5-4-8(14)6-10(9)15-16-11/h4-6H,7,14H2,1-3H3,(H,15,16). The number of anilines is 1. The van der Waals surface area contributed by atoms with Gasteiger partial charge < -0.3 is 10.5 Å². The molecule has 0 aliphatic rings. The zero-order chi connectivity index (χ0) is 13.3. The van der Waals surface area contributed by atoms with Gasteiger partial charge in [-0.25, -0.2) is 0 Å². The molecule has 0 saturated heterocycles. The van der Waals surface area contributed by atoms with Crippen molar-refractivity contribution in [2.45, 2.75) is 32.8 Å². The van der Waals surface area contributed by atoms with E-state index >= 15 is 0 Å². The molecule has 5 nitrogen and oxygen atoms in total. The smallest absolute Gasteiger partial charge is 0.312 e. The van der Waals surface area contributed by atoms with Crippen molar-refractivity contribution in [3.63, 3.8) is 0 Å². The molecule has 0 unspecified atom stereocenters. The average molecular weight is 247 g/mol. The number of nitrogens with two attached hydrogens (primary N) is 1. The van der Waals surface area contributed by atoms with Crippen molar-refractivity contribution in [2.75, 3.05) is 5.73 Å². The van der Waals surface area contributed by atoms with Crippen molar-refractivity contribution in [2.24, 2.45) is 0 Å². The minimum atomic E-state index is -0.475. The lowest BCUT2D eigenvalue weighted by atomic mass is 10.1. The van der Waals surface area contributed by atoms with Crippen molar-refractivity contribution in [1.29, 1.82) is 0 Å². The predicted molar refractivity (Wildman–Crippen MR) is 70.1 cm³/mol. The number of nitrogens with one attached hydrogen (secondary N) is 1. The zero-order valence-corrected chi connectivity index (χ0v) is 10.8. The molecule has 1 aromatic carbocycles. The normalized spacial score (nSPS) is 11.7. The Kier molecular flexibility index (Phi) is 2.98. The summed E-state index contributed by atoms with van der Waals surface area (Å²) >= 11 is 0. The van der Waals surface area contributed by atoms with Gasteiger partial charge in [0.1, 0.15) is 5.60 Å². The van der Waals surface area contributed by atoms with Gasteiger partial charge >= 0.3 is 5.97 Å². The third-order valence-corrected chi connectivity index (χ3v) is 2.40. The maximum atomic E-state index is 11.7. The first kappa shape index (κ1) is 12.4. The van der Waals surface area contributed by atoms with Gasteiger partial charge in [-0.05, 0) is 39.0 Å². The summed E-state index contributed by atoms with van der Waals surface area (Å²) in [7, 11) is 0. The number of aromatic nitrogens is 2. The first-order valence-corrected chi connectivity index (χ1v) is 5.79. The topological polar surface area (TPSA) is 81.0 Å². The molecule has 2 aromatic rings. The van der Waals surface area contributed by atoms with Gasteiger partial charge in [0.15, 0.2) is 0 Å². The number of hydrogen-bond acceptors (Lipinski definition) is 4. The largest absolute Gasteiger partial charge is 0.460 e. The molecular formula is C13H17N3O2. The third-order valence-electron chi connectivity index (χ3n) is 2.40. The van der Waals surface area contributed by atoms with E-state index in [0.29, 0.717) is 5.69 Å². The van der Waals surface area contributed by atoms with Crippen LogP contribution in [0.25, 0.3) is 10.9 Å². The summed E-state index contributed by atoms with van der Waals surface area (Å²) in [6, 6.07) is 5.41. The van der Waals surface area contributed by atoms with E-state index in [1.807, 2.05) is 26.8 Å².